The zero-order valence-corrected chi connectivity index (χ0v) is 18.0. The van der Waals surface area contributed by atoms with Crippen LogP contribution in [-0.4, -0.2) is 33.5 Å². The molecule has 0 spiro atoms. The highest BCUT2D eigenvalue weighted by Crippen LogP contribution is 2.63. The number of anilines is 1. The number of alkyl halides is 4. The second-order valence-electron chi connectivity index (χ2n) is 9.02. The Morgan fingerprint density at radius 1 is 1.23 bits per heavy atom. The molecule has 2 aliphatic rings. The summed E-state index contributed by atoms with van der Waals surface area (Å²) in [5.41, 5.74) is 6.38. The van der Waals surface area contributed by atoms with E-state index in [-0.39, 0.29) is 6.04 Å². The molecule has 2 heterocycles. The number of nitrogens with one attached hydrogen (secondary N) is 1. The minimum atomic E-state index is -4.57. The molecule has 0 saturated heterocycles. The number of nitrogen functional groups attached to an aromatic ring is 1. The van der Waals surface area contributed by atoms with Crippen LogP contribution in [0.2, 0.25) is 0 Å². The maximum atomic E-state index is 13.3. The summed E-state index contributed by atoms with van der Waals surface area (Å²) in [6, 6.07) is 3.41. The van der Waals surface area contributed by atoms with E-state index >= 15 is 0 Å². The number of nitrogens with zero attached hydrogens (tertiary/aromatic N) is 3. The van der Waals surface area contributed by atoms with Crippen LogP contribution in [0.3, 0.4) is 0 Å². The minimum Gasteiger partial charge on any atom is -0.383 e. The summed E-state index contributed by atoms with van der Waals surface area (Å²) < 4.78 is 54.9. The molecule has 0 aliphatic heterocycles. The molecule has 0 aromatic carbocycles. The first kappa shape index (κ1) is 22.0. The van der Waals surface area contributed by atoms with Crippen molar-refractivity contribution in [2.24, 2.45) is 11.8 Å². The molecule has 0 radical (unpaired) electrons. The Balaban J connectivity index is 1.59. The number of hydrogen-bond acceptors (Lipinski definition) is 4. The smallest absolute Gasteiger partial charge is 0.383 e. The minimum absolute atomic E-state index is 0.134. The molecule has 0 bridgehead atoms. The molecule has 4 atom stereocenters. The summed E-state index contributed by atoms with van der Waals surface area (Å²) in [6.07, 6.45) is -1.24. The first-order valence-corrected chi connectivity index (χ1v) is 10.9. The highest BCUT2D eigenvalue weighted by atomic mass is 19.4. The molecule has 170 valence electrons. The van der Waals surface area contributed by atoms with E-state index in [9.17, 15) is 17.6 Å². The molecule has 2 aliphatic carbocycles. The fraction of sp³-hybridized carbons (Fsp3) is 0.636. The van der Waals surface area contributed by atoms with Gasteiger partial charge in [-0.3, -0.25) is 4.68 Å². The van der Waals surface area contributed by atoms with E-state index in [0.29, 0.717) is 41.6 Å². The van der Waals surface area contributed by atoms with E-state index in [1.54, 1.807) is 6.92 Å². The van der Waals surface area contributed by atoms with Gasteiger partial charge in [-0.15, -0.1) is 0 Å². The maximum Gasteiger partial charge on any atom is 0.419 e. The lowest BCUT2D eigenvalue weighted by atomic mass is 10.0. The fourth-order valence-electron chi connectivity index (χ4n) is 4.94. The van der Waals surface area contributed by atoms with E-state index in [1.807, 2.05) is 10.7 Å². The third-order valence-corrected chi connectivity index (χ3v) is 6.77. The van der Waals surface area contributed by atoms with Crippen LogP contribution in [0.4, 0.5) is 23.4 Å². The summed E-state index contributed by atoms with van der Waals surface area (Å²) in [7, 11) is 0. The first-order chi connectivity index (χ1) is 14.6. The van der Waals surface area contributed by atoms with Crippen molar-refractivity contribution in [3.63, 3.8) is 0 Å². The van der Waals surface area contributed by atoms with Gasteiger partial charge < -0.3 is 11.1 Å². The Hall–Kier alpha value is -2.16. The van der Waals surface area contributed by atoms with Gasteiger partial charge in [0.15, 0.2) is 0 Å². The summed E-state index contributed by atoms with van der Waals surface area (Å²) in [4.78, 5) is 3.76. The lowest BCUT2D eigenvalue weighted by Crippen LogP contribution is -2.32. The fourth-order valence-corrected chi connectivity index (χ4v) is 4.94. The lowest BCUT2D eigenvalue weighted by molar-refractivity contribution is -0.137. The molecule has 2 fully saturated rings. The van der Waals surface area contributed by atoms with E-state index < -0.39 is 23.7 Å². The molecular formula is C22H29F4N5. The second kappa shape index (κ2) is 8.07. The third-order valence-electron chi connectivity index (χ3n) is 6.77. The molecule has 2 aromatic rings. The number of aromatic nitrogens is 3. The quantitative estimate of drug-likeness (QED) is 0.599. The maximum absolute atomic E-state index is 13.3. The van der Waals surface area contributed by atoms with Gasteiger partial charge in [0.2, 0.25) is 0 Å². The molecule has 5 nitrogen and oxygen atoms in total. The van der Waals surface area contributed by atoms with Crippen LogP contribution in [0.1, 0.15) is 63.3 Å². The number of nitrogens with two attached hydrogens (primary N) is 1. The number of pyridine rings is 1. The van der Waals surface area contributed by atoms with Crippen molar-refractivity contribution in [2.75, 3.05) is 12.3 Å². The van der Waals surface area contributed by atoms with Crippen LogP contribution in [0.5, 0.6) is 0 Å². The zero-order chi connectivity index (χ0) is 22.5. The van der Waals surface area contributed by atoms with Crippen LogP contribution in [0.15, 0.2) is 18.3 Å². The van der Waals surface area contributed by atoms with Gasteiger partial charge in [-0.25, -0.2) is 9.37 Å². The Labute approximate surface area is 179 Å². The topological polar surface area (TPSA) is 68.8 Å². The SMILES string of the molecule is CCC(C)n1nc(-c2cnc(N)c(C(F)(F)F)c2)cc1C1C2CC(NCC(C)F)CC21. The van der Waals surface area contributed by atoms with Gasteiger partial charge in [-0.05, 0) is 57.1 Å². The van der Waals surface area contributed by atoms with Crippen molar-refractivity contribution in [1.29, 1.82) is 0 Å². The Morgan fingerprint density at radius 2 is 1.90 bits per heavy atom. The van der Waals surface area contributed by atoms with Gasteiger partial charge in [-0.2, -0.15) is 18.3 Å². The Bertz CT molecular complexity index is 926. The van der Waals surface area contributed by atoms with Gasteiger partial charge in [0.25, 0.3) is 0 Å². The molecule has 31 heavy (non-hydrogen) atoms. The standard InChI is InChI=1S/C22H29F4N5/c1-4-12(3)31-19(20-15-6-14(7-16(15)20)28-9-11(2)23)8-18(30-31)13-5-17(22(24,25)26)21(27)29-10-13/h5,8,10-12,14-16,20,28H,4,6-7,9H2,1-3H3,(H2,27,29). The summed E-state index contributed by atoms with van der Waals surface area (Å²) in [5, 5.41) is 7.97. The zero-order valence-electron chi connectivity index (χ0n) is 18.0. The van der Waals surface area contributed by atoms with Gasteiger partial charge in [0, 0.05) is 42.0 Å². The number of hydrogen-bond donors (Lipinski definition) is 2. The van der Waals surface area contributed by atoms with Crippen LogP contribution >= 0.6 is 0 Å². The van der Waals surface area contributed by atoms with Crippen molar-refractivity contribution < 1.29 is 17.6 Å². The van der Waals surface area contributed by atoms with E-state index in [0.717, 1.165) is 31.0 Å². The highest BCUT2D eigenvalue weighted by Gasteiger charge is 2.57. The van der Waals surface area contributed by atoms with Gasteiger partial charge in [0.1, 0.15) is 12.0 Å². The molecule has 9 heteroatoms. The molecule has 0 amide bonds. The van der Waals surface area contributed by atoms with Crippen molar-refractivity contribution in [3.8, 4) is 11.3 Å². The highest BCUT2D eigenvalue weighted by molar-refractivity contribution is 5.63. The van der Waals surface area contributed by atoms with E-state index in [1.165, 1.54) is 6.20 Å². The van der Waals surface area contributed by atoms with E-state index in [4.69, 9.17) is 5.73 Å². The Kier molecular flexibility index (Phi) is 5.74. The molecule has 4 unspecified atom stereocenters. The predicted octanol–water partition coefficient (Wildman–Crippen LogP) is 4.96. The van der Waals surface area contributed by atoms with Crippen molar-refractivity contribution in [2.45, 2.75) is 70.4 Å². The second-order valence-corrected chi connectivity index (χ2v) is 9.02. The van der Waals surface area contributed by atoms with Crippen LogP contribution in [0, 0.1) is 11.8 Å². The van der Waals surface area contributed by atoms with Crippen LogP contribution < -0.4 is 11.1 Å². The summed E-state index contributed by atoms with van der Waals surface area (Å²) in [5.74, 6) is 0.834. The molecule has 4 rings (SSSR count). The van der Waals surface area contributed by atoms with Crippen molar-refractivity contribution in [1.82, 2.24) is 20.1 Å². The van der Waals surface area contributed by atoms with Gasteiger partial charge in [0.05, 0.1) is 11.3 Å². The summed E-state index contributed by atoms with van der Waals surface area (Å²) in [6.45, 7) is 6.05. The number of rotatable bonds is 7. The summed E-state index contributed by atoms with van der Waals surface area (Å²) >= 11 is 0. The molecule has 2 aromatic heterocycles. The normalized spacial score (nSPS) is 27.2. The van der Waals surface area contributed by atoms with Crippen molar-refractivity contribution in [3.05, 3.63) is 29.6 Å². The molecule has 3 N–H and O–H groups in total. The lowest BCUT2D eigenvalue weighted by Gasteiger charge is -2.18. The molecule has 2 saturated carbocycles. The monoisotopic (exact) mass is 439 g/mol. The predicted molar refractivity (Wildman–Crippen MR) is 111 cm³/mol. The number of halogens is 4. The average Bonchev–Trinajstić information content (AvgIpc) is 3.07. The van der Waals surface area contributed by atoms with Crippen LogP contribution in [-0.2, 0) is 6.18 Å². The number of fused-ring (bicyclic) bond motifs is 1. The first-order valence-electron chi connectivity index (χ1n) is 10.9. The van der Waals surface area contributed by atoms with E-state index in [2.05, 4.69) is 29.2 Å². The van der Waals surface area contributed by atoms with Gasteiger partial charge in [-0.1, -0.05) is 6.92 Å². The largest absolute Gasteiger partial charge is 0.419 e. The van der Waals surface area contributed by atoms with Gasteiger partial charge >= 0.3 is 6.18 Å². The third kappa shape index (κ3) is 4.29. The molecular weight excluding hydrogens is 410 g/mol. The Morgan fingerprint density at radius 3 is 2.48 bits per heavy atom. The van der Waals surface area contributed by atoms with Crippen molar-refractivity contribution >= 4 is 5.82 Å². The average molecular weight is 440 g/mol. The van der Waals surface area contributed by atoms with Crippen LogP contribution in [0.25, 0.3) is 11.3 Å².